The molecule has 27 heavy (non-hydrogen) atoms. The first kappa shape index (κ1) is 20.0. The molecule has 1 atom stereocenters. The van der Waals surface area contributed by atoms with Gasteiger partial charge in [-0.1, -0.05) is 12.1 Å². The van der Waals surface area contributed by atoms with Gasteiger partial charge in [0.05, 0.1) is 11.3 Å². The summed E-state index contributed by atoms with van der Waals surface area (Å²) in [5.41, 5.74) is -0.0664. The van der Waals surface area contributed by atoms with Crippen LogP contribution < -0.4 is 0 Å². The third-order valence-electron chi connectivity index (χ3n) is 4.91. The SMILES string of the molecule is CN1CCN(C(=O)CCN2C(=O)CS[C@H]2c2ccc(C(F)(F)F)cc2)CC1. The van der Waals surface area contributed by atoms with E-state index in [1.54, 1.807) is 9.80 Å². The Labute approximate surface area is 160 Å². The van der Waals surface area contributed by atoms with Crippen LogP contribution in [0.25, 0.3) is 0 Å². The second-order valence-electron chi connectivity index (χ2n) is 6.80. The van der Waals surface area contributed by atoms with Crippen LogP contribution in [0.5, 0.6) is 0 Å². The second kappa shape index (κ2) is 8.10. The number of piperazine rings is 1. The zero-order valence-electron chi connectivity index (χ0n) is 15.0. The molecular weight excluding hydrogens is 379 g/mol. The van der Waals surface area contributed by atoms with Gasteiger partial charge in [-0.05, 0) is 24.7 Å². The maximum Gasteiger partial charge on any atom is 0.416 e. The molecule has 1 aromatic carbocycles. The topological polar surface area (TPSA) is 43.9 Å². The van der Waals surface area contributed by atoms with Crippen LogP contribution in [0.1, 0.15) is 22.9 Å². The molecule has 1 aromatic rings. The molecule has 2 heterocycles. The minimum Gasteiger partial charge on any atom is -0.340 e. The average molecular weight is 401 g/mol. The fourth-order valence-corrected chi connectivity index (χ4v) is 4.46. The lowest BCUT2D eigenvalue weighted by atomic mass is 10.1. The van der Waals surface area contributed by atoms with E-state index in [-0.39, 0.29) is 35.9 Å². The molecule has 0 unspecified atom stereocenters. The first-order chi connectivity index (χ1) is 12.8. The number of likely N-dealkylation sites (N-methyl/N-ethyl adjacent to an activating group) is 1. The quantitative estimate of drug-likeness (QED) is 0.778. The fraction of sp³-hybridized carbons (Fsp3) is 0.556. The summed E-state index contributed by atoms with van der Waals surface area (Å²) < 4.78 is 38.2. The van der Waals surface area contributed by atoms with Crippen LogP contribution in [-0.2, 0) is 15.8 Å². The van der Waals surface area contributed by atoms with Gasteiger partial charge in [0, 0.05) is 39.1 Å². The van der Waals surface area contributed by atoms with Gasteiger partial charge >= 0.3 is 6.18 Å². The lowest BCUT2D eigenvalue weighted by molar-refractivity contribution is -0.138. The van der Waals surface area contributed by atoms with Crippen LogP contribution in [-0.4, -0.2) is 72.0 Å². The largest absolute Gasteiger partial charge is 0.416 e. The molecule has 2 saturated heterocycles. The Bertz CT molecular complexity index is 688. The van der Waals surface area contributed by atoms with Crippen molar-refractivity contribution in [2.24, 2.45) is 0 Å². The third-order valence-corrected chi connectivity index (χ3v) is 6.17. The number of nitrogens with zero attached hydrogens (tertiary/aromatic N) is 3. The van der Waals surface area contributed by atoms with E-state index in [1.165, 1.54) is 23.9 Å². The van der Waals surface area contributed by atoms with Gasteiger partial charge in [0.15, 0.2) is 0 Å². The van der Waals surface area contributed by atoms with Gasteiger partial charge in [-0.15, -0.1) is 11.8 Å². The number of benzene rings is 1. The Morgan fingerprint density at radius 1 is 1.15 bits per heavy atom. The van der Waals surface area contributed by atoms with Crippen molar-refractivity contribution >= 4 is 23.6 Å². The van der Waals surface area contributed by atoms with Crippen LogP contribution in [0.4, 0.5) is 13.2 Å². The average Bonchev–Trinajstić information content (AvgIpc) is 3.00. The minimum atomic E-state index is -4.38. The lowest BCUT2D eigenvalue weighted by Crippen LogP contribution is -2.47. The predicted octanol–water partition coefficient (Wildman–Crippen LogP) is 2.44. The number of halogens is 3. The van der Waals surface area contributed by atoms with E-state index in [2.05, 4.69) is 4.90 Å². The highest BCUT2D eigenvalue weighted by molar-refractivity contribution is 8.00. The number of hydrogen-bond acceptors (Lipinski definition) is 4. The summed E-state index contributed by atoms with van der Waals surface area (Å²) in [5, 5.41) is -0.347. The number of carbonyl (C=O) groups is 2. The maximum atomic E-state index is 12.7. The van der Waals surface area contributed by atoms with Gasteiger partial charge < -0.3 is 14.7 Å². The summed E-state index contributed by atoms with van der Waals surface area (Å²) >= 11 is 1.38. The maximum absolute atomic E-state index is 12.7. The van der Waals surface area contributed by atoms with Crippen LogP contribution in [0.2, 0.25) is 0 Å². The second-order valence-corrected chi connectivity index (χ2v) is 7.87. The molecule has 2 fully saturated rings. The minimum absolute atomic E-state index is 0.0129. The number of thioether (sulfide) groups is 1. The number of rotatable bonds is 4. The van der Waals surface area contributed by atoms with Crippen molar-refractivity contribution < 1.29 is 22.8 Å². The Hall–Kier alpha value is -1.74. The molecule has 0 radical (unpaired) electrons. The molecule has 5 nitrogen and oxygen atoms in total. The molecule has 0 saturated carbocycles. The van der Waals surface area contributed by atoms with E-state index >= 15 is 0 Å². The molecule has 0 bridgehead atoms. The van der Waals surface area contributed by atoms with Crippen molar-refractivity contribution in [3.63, 3.8) is 0 Å². The Kier molecular flexibility index (Phi) is 6.00. The highest BCUT2D eigenvalue weighted by Crippen LogP contribution is 2.39. The summed E-state index contributed by atoms with van der Waals surface area (Å²) in [4.78, 5) is 30.2. The molecule has 0 N–H and O–H groups in total. The van der Waals surface area contributed by atoms with Gasteiger partial charge in [-0.3, -0.25) is 9.59 Å². The van der Waals surface area contributed by atoms with Crippen LogP contribution in [0.15, 0.2) is 24.3 Å². The summed E-state index contributed by atoms with van der Waals surface area (Å²) in [6.07, 6.45) is -4.15. The van der Waals surface area contributed by atoms with Crippen LogP contribution in [0, 0.1) is 0 Å². The van der Waals surface area contributed by atoms with Crippen molar-refractivity contribution in [1.82, 2.24) is 14.7 Å². The Morgan fingerprint density at radius 3 is 2.37 bits per heavy atom. The fourth-order valence-electron chi connectivity index (χ4n) is 3.24. The molecule has 148 valence electrons. The first-order valence-electron chi connectivity index (χ1n) is 8.80. The highest BCUT2D eigenvalue weighted by atomic mass is 32.2. The highest BCUT2D eigenvalue weighted by Gasteiger charge is 2.35. The van der Waals surface area contributed by atoms with Crippen LogP contribution in [0.3, 0.4) is 0 Å². The summed E-state index contributed by atoms with van der Waals surface area (Å²) in [5.74, 6) is 0.198. The molecule has 2 aliphatic heterocycles. The zero-order chi connectivity index (χ0) is 19.6. The molecule has 0 aliphatic carbocycles. The molecule has 0 spiro atoms. The zero-order valence-corrected chi connectivity index (χ0v) is 15.9. The number of carbonyl (C=O) groups excluding carboxylic acids is 2. The molecule has 2 amide bonds. The van der Waals surface area contributed by atoms with Gasteiger partial charge in [0.25, 0.3) is 0 Å². The molecular formula is C18H22F3N3O2S. The smallest absolute Gasteiger partial charge is 0.340 e. The molecule has 2 aliphatic rings. The standard InChI is InChI=1S/C18H22F3N3O2S/c1-22-8-10-23(11-9-22)15(25)6-7-24-16(26)12-27-17(24)13-2-4-14(5-3-13)18(19,20)21/h2-5,17H,6-12H2,1H3/t17-/m0/s1. The normalized spacial score (nSPS) is 21.8. The molecule has 3 rings (SSSR count). The van der Waals surface area contributed by atoms with Crippen molar-refractivity contribution in [2.45, 2.75) is 18.0 Å². The first-order valence-corrected chi connectivity index (χ1v) is 9.85. The lowest BCUT2D eigenvalue weighted by Gasteiger charge is -2.33. The summed E-state index contributed by atoms with van der Waals surface area (Å²) in [7, 11) is 2.01. The Balaban J connectivity index is 1.62. The molecule has 9 heteroatoms. The van der Waals surface area contributed by atoms with E-state index in [0.29, 0.717) is 18.7 Å². The van der Waals surface area contributed by atoms with Crippen molar-refractivity contribution in [3.05, 3.63) is 35.4 Å². The van der Waals surface area contributed by atoms with Gasteiger partial charge in [-0.2, -0.15) is 13.2 Å². The van der Waals surface area contributed by atoms with Crippen molar-refractivity contribution in [1.29, 1.82) is 0 Å². The van der Waals surface area contributed by atoms with E-state index < -0.39 is 11.7 Å². The summed E-state index contributed by atoms with van der Waals surface area (Å²) in [6.45, 7) is 3.31. The van der Waals surface area contributed by atoms with Gasteiger partial charge in [0.1, 0.15) is 5.37 Å². The van der Waals surface area contributed by atoms with Crippen molar-refractivity contribution in [3.8, 4) is 0 Å². The van der Waals surface area contributed by atoms with E-state index in [0.717, 1.165) is 25.2 Å². The number of hydrogen-bond donors (Lipinski definition) is 0. The van der Waals surface area contributed by atoms with Gasteiger partial charge in [0.2, 0.25) is 11.8 Å². The Morgan fingerprint density at radius 2 is 1.78 bits per heavy atom. The van der Waals surface area contributed by atoms with E-state index in [1.807, 2.05) is 7.05 Å². The monoisotopic (exact) mass is 401 g/mol. The molecule has 0 aromatic heterocycles. The van der Waals surface area contributed by atoms with Crippen LogP contribution >= 0.6 is 11.8 Å². The van der Waals surface area contributed by atoms with E-state index in [9.17, 15) is 22.8 Å². The summed E-state index contributed by atoms with van der Waals surface area (Å²) in [6, 6.07) is 4.89. The third kappa shape index (κ3) is 4.76. The number of alkyl halides is 3. The van der Waals surface area contributed by atoms with Gasteiger partial charge in [-0.25, -0.2) is 0 Å². The number of amides is 2. The predicted molar refractivity (Wildman–Crippen MR) is 97.1 cm³/mol. The van der Waals surface area contributed by atoms with E-state index in [4.69, 9.17) is 0 Å². The van der Waals surface area contributed by atoms with Crippen molar-refractivity contribution in [2.75, 3.05) is 45.5 Å².